The molecule has 7 atom stereocenters. The van der Waals surface area contributed by atoms with Gasteiger partial charge in [-0.3, -0.25) is 24.7 Å². The lowest BCUT2D eigenvalue weighted by atomic mass is 10.2. The second-order valence-electron chi connectivity index (χ2n) is 26.5. The summed E-state index contributed by atoms with van der Waals surface area (Å²) < 4.78 is 141. The standard InChI is InChI=1S/C24H28FN7O4.C19H20FN7O2.C16H21ClFN5O3.C8H10N2O/c1-24(2,3)36-23(34)31(4)19-11-18(28-16-6-5-9-26-22(16)35-13-7-8-13)30-20-14(12-27-32(19)20)21(33)29-17-10-15(17)25;1-21-16-8-15(24-13-3-2-6-22-19(13)29-10-4-5-10)26-17-11(9-23-27(16)17)18(28)25-14-7-12(14)20;1-16(2,3)26-15(25)22(4)12-6-11(17)21-13-8(7-19-23(12)13)14(24)20-10-5-9(10)18;9-7-2-1-5-10-8(7)11-6-3-4-6/h5-6,9,11-13,15,17H,7-8,10H2,1-4H3,(H,28,30)(H,29,33);2-3,6,8-10,12,14,21H,4-5,7H2,1H3,(H,24,26)(H,25,28);6-7,9-10,14,20,24H,5H2,1-4H3;1-2,5-6H,3-4,9H2/t15-,17+;12-,14+;9-,10+,14?;/m000./s1/i4D3;1D3;4D3;. The predicted octanol–water partition coefficient (Wildman–Crippen LogP) is 9.56. The van der Waals surface area contributed by atoms with E-state index in [1.807, 2.05) is 0 Å². The van der Waals surface area contributed by atoms with Gasteiger partial charge >= 0.3 is 12.2 Å². The first-order chi connectivity index (χ1) is 52.2. The Morgan fingerprint density at radius 2 is 1.06 bits per heavy atom. The molecule has 9 aromatic heterocycles. The van der Waals surface area contributed by atoms with Crippen LogP contribution in [-0.2, 0) is 9.47 Å². The minimum atomic E-state index is -2.99. The van der Waals surface area contributed by atoms with Crippen molar-refractivity contribution in [2.24, 2.45) is 0 Å². The molecule has 31 nitrogen and oxygen atoms in total. The van der Waals surface area contributed by atoms with Gasteiger partial charge in [-0.15, -0.1) is 0 Å². The maximum Gasteiger partial charge on any atom is 0.415 e. The van der Waals surface area contributed by atoms with Crippen LogP contribution >= 0.6 is 11.6 Å². The Balaban J connectivity index is 0.000000146. The molecule has 0 saturated heterocycles. The molecule has 9 aromatic rings. The highest BCUT2D eigenvalue weighted by Crippen LogP contribution is 2.37. The number of aromatic nitrogens is 12. The molecular formula is C67H79ClF3N21O10. The van der Waals surface area contributed by atoms with E-state index in [0.717, 1.165) is 53.6 Å². The summed E-state index contributed by atoms with van der Waals surface area (Å²) in [5, 5.41) is 38.9. The van der Waals surface area contributed by atoms with Gasteiger partial charge in [-0.05, 0) is 123 Å². The minimum absolute atomic E-state index is 0.0152. The summed E-state index contributed by atoms with van der Waals surface area (Å²) in [6.07, 6.45) is 9.02. The Kier molecular flexibility index (Phi) is 17.4. The number of hydrogen-bond acceptors (Lipinski definition) is 24. The smallest absolute Gasteiger partial charge is 0.415 e. The number of halogens is 4. The predicted molar refractivity (Wildman–Crippen MR) is 370 cm³/mol. The minimum Gasteiger partial charge on any atom is -0.473 e. The molecule has 6 aliphatic rings. The van der Waals surface area contributed by atoms with Crippen molar-refractivity contribution in [1.82, 2.24) is 74.7 Å². The molecule has 6 saturated carbocycles. The van der Waals surface area contributed by atoms with E-state index in [9.17, 15) is 37.5 Å². The number of amides is 4. The van der Waals surface area contributed by atoms with Crippen LogP contribution in [0.25, 0.3) is 16.9 Å². The van der Waals surface area contributed by atoms with E-state index in [1.54, 1.807) is 96.5 Å². The number of aliphatic hydroxyl groups excluding tert-OH is 1. The van der Waals surface area contributed by atoms with Crippen LogP contribution in [0.4, 0.5) is 68.9 Å². The van der Waals surface area contributed by atoms with E-state index in [4.69, 9.17) is 53.4 Å². The first-order valence-electron chi connectivity index (χ1n) is 37.0. The molecule has 15 rings (SSSR count). The topological polar surface area (TPSA) is 369 Å². The van der Waals surface area contributed by atoms with E-state index < -0.39 is 99.0 Å². The molecule has 6 fully saturated rings. The molecule has 0 aromatic carbocycles. The lowest BCUT2D eigenvalue weighted by Gasteiger charge is -2.25. The number of nitrogen functional groups attached to an aromatic ring is 1. The average molecular weight is 1440 g/mol. The maximum absolute atomic E-state index is 13.5. The van der Waals surface area contributed by atoms with Crippen LogP contribution in [0.2, 0.25) is 5.15 Å². The van der Waals surface area contributed by atoms with E-state index in [0.29, 0.717) is 50.6 Å². The largest absolute Gasteiger partial charge is 0.473 e. The third kappa shape index (κ3) is 18.1. The fraction of sp³-hybridized carbons (Fsp3) is 0.448. The second kappa shape index (κ2) is 29.5. The zero-order chi connectivity index (χ0) is 80.0. The quantitative estimate of drug-likeness (QED) is 0.0260. The van der Waals surface area contributed by atoms with Crippen LogP contribution < -0.4 is 61.6 Å². The Bertz CT molecular complexity index is 4920. The number of nitrogens with one attached hydrogen (secondary N) is 6. The molecular weight excluding hydrogens is 1350 g/mol. The molecule has 9 heterocycles. The van der Waals surface area contributed by atoms with E-state index in [-0.39, 0.29) is 99.3 Å². The molecule has 0 radical (unpaired) electrons. The number of rotatable bonds is 20. The van der Waals surface area contributed by atoms with Gasteiger partial charge in [-0.25, -0.2) is 52.7 Å². The molecule has 9 N–H and O–H groups in total. The number of carbonyl (C=O) groups is 4. The summed E-state index contributed by atoms with van der Waals surface area (Å²) >= 11 is 6.05. The van der Waals surface area contributed by atoms with Gasteiger partial charge in [0.15, 0.2) is 16.9 Å². The Morgan fingerprint density at radius 1 is 0.618 bits per heavy atom. The van der Waals surface area contributed by atoms with E-state index >= 15 is 0 Å². The number of carbonyl (C=O) groups excluding carboxylic acids is 4. The number of anilines is 8. The average Bonchev–Trinajstić information content (AvgIpc) is 1.68. The van der Waals surface area contributed by atoms with Crippen molar-refractivity contribution in [2.75, 3.05) is 52.4 Å². The zero-order valence-corrected chi connectivity index (χ0v) is 56.5. The molecule has 0 spiro atoms. The van der Waals surface area contributed by atoms with Gasteiger partial charge in [0.25, 0.3) is 11.8 Å². The van der Waals surface area contributed by atoms with Crippen molar-refractivity contribution in [1.29, 1.82) is 0 Å². The normalized spacial score (nSPS) is 21.3. The number of pyridine rings is 3. The second-order valence-corrected chi connectivity index (χ2v) is 26.9. The fourth-order valence-corrected chi connectivity index (χ4v) is 9.59. The number of nitrogens with zero attached hydrogens (tertiary/aromatic N) is 14. The molecule has 1 unspecified atom stereocenters. The Hall–Kier alpha value is -10.6. The van der Waals surface area contributed by atoms with Gasteiger partial charge in [-0.1, -0.05) is 11.6 Å². The zero-order valence-electron chi connectivity index (χ0n) is 64.8. The van der Waals surface area contributed by atoms with E-state index in [1.165, 1.54) is 35.2 Å². The molecule has 6 aliphatic carbocycles. The van der Waals surface area contributed by atoms with Crippen molar-refractivity contribution in [3.63, 3.8) is 0 Å². The van der Waals surface area contributed by atoms with Crippen molar-refractivity contribution < 1.29 is 73.5 Å². The lowest BCUT2D eigenvalue weighted by Crippen LogP contribution is -2.35. The van der Waals surface area contributed by atoms with Crippen LogP contribution in [0.5, 0.6) is 17.6 Å². The van der Waals surface area contributed by atoms with Crippen molar-refractivity contribution >= 4 is 98.7 Å². The summed E-state index contributed by atoms with van der Waals surface area (Å²) in [5.41, 5.74) is 5.56. The first kappa shape index (κ1) is 60.2. The molecule has 540 valence electrons. The Morgan fingerprint density at radius 3 is 1.53 bits per heavy atom. The highest BCUT2D eigenvalue weighted by molar-refractivity contribution is 6.29. The molecule has 0 aliphatic heterocycles. The molecule has 35 heteroatoms. The van der Waals surface area contributed by atoms with Crippen molar-refractivity contribution in [2.45, 2.75) is 172 Å². The van der Waals surface area contributed by atoms with Crippen molar-refractivity contribution in [3.8, 4) is 17.6 Å². The number of nitrogens with two attached hydrogens (primary N) is 1. The fourth-order valence-electron chi connectivity index (χ4n) is 9.41. The van der Waals surface area contributed by atoms with Crippen LogP contribution in [0, 0.1) is 0 Å². The number of hydrogen-bond donors (Lipinski definition) is 8. The van der Waals surface area contributed by atoms with Gasteiger partial charge in [-0.2, -0.15) is 28.8 Å². The number of alkyl halides is 3. The van der Waals surface area contributed by atoms with Crippen LogP contribution in [0.1, 0.15) is 144 Å². The summed E-state index contributed by atoms with van der Waals surface area (Å²) in [4.78, 5) is 77.7. The lowest BCUT2D eigenvalue weighted by molar-refractivity contribution is 0.0577. The monoisotopic (exact) mass is 1440 g/mol. The third-order valence-corrected chi connectivity index (χ3v) is 15.5. The summed E-state index contributed by atoms with van der Waals surface area (Å²) in [6.45, 7) is 1.19. The highest BCUT2D eigenvalue weighted by atomic mass is 35.5. The van der Waals surface area contributed by atoms with Crippen LogP contribution in [0.3, 0.4) is 0 Å². The SMILES string of the molecule is Nc1cccnc1OC1CC1.[2H]C([2H])([2H])N(C(=O)OC(C)(C)C)c1cc(Cl)nc2c(C(O)N[C@@H]3C[C@@H]3F)cnn12.[2H]C([2H])([2H])N(C(=O)OC(C)(C)C)c1cc(Nc2cccnc2OC2CC2)nc2c(C(=O)N[C@@H]3C[C@@H]3F)cnn12.[2H]C([2H])([2H])Nc1cc(Nc2cccnc2OC2CC2)nc2c(C(=O)N[C@@H]3C[C@@H]3F)cnn12. The van der Waals surface area contributed by atoms with Gasteiger partial charge in [0.2, 0.25) is 17.6 Å². The van der Waals surface area contributed by atoms with E-state index in [2.05, 4.69) is 77.1 Å². The Labute approximate surface area is 600 Å². The van der Waals surface area contributed by atoms with Crippen molar-refractivity contribution in [3.05, 3.63) is 114 Å². The van der Waals surface area contributed by atoms with Crippen LogP contribution in [0.15, 0.2) is 91.8 Å². The van der Waals surface area contributed by atoms with Gasteiger partial charge in [0.1, 0.15) is 111 Å². The molecule has 0 bridgehead atoms. The third-order valence-electron chi connectivity index (χ3n) is 15.3. The molecule has 102 heavy (non-hydrogen) atoms. The number of fused-ring (bicyclic) bond motifs is 3. The molecule has 4 amide bonds. The van der Waals surface area contributed by atoms with Gasteiger partial charge < -0.3 is 61.1 Å². The maximum atomic E-state index is 13.5. The van der Waals surface area contributed by atoms with Gasteiger partial charge in [0.05, 0.1) is 41.9 Å². The highest BCUT2D eigenvalue weighted by Gasteiger charge is 2.42. The summed E-state index contributed by atoms with van der Waals surface area (Å²) in [6, 6.07) is 12.7. The van der Waals surface area contributed by atoms with Gasteiger partial charge in [0, 0.05) is 88.9 Å². The first-order valence-corrected chi connectivity index (χ1v) is 32.9. The summed E-state index contributed by atoms with van der Waals surface area (Å²) in [7, 11) is 0. The number of ether oxygens (including phenoxy) is 5. The van der Waals surface area contributed by atoms with Crippen LogP contribution in [-0.4, -0.2) is 175 Å². The number of aliphatic hydroxyl groups is 1. The summed E-state index contributed by atoms with van der Waals surface area (Å²) in [5.74, 6) is 0.0943.